The highest BCUT2D eigenvalue weighted by Gasteiger charge is 2.13. The van der Waals surface area contributed by atoms with E-state index in [0.29, 0.717) is 0 Å². The third-order valence-electron chi connectivity index (χ3n) is 3.90. The Bertz CT molecular complexity index is 480. The molecule has 0 bridgehead atoms. The summed E-state index contributed by atoms with van der Waals surface area (Å²) >= 11 is 0. The van der Waals surface area contributed by atoms with Crippen molar-refractivity contribution in [2.24, 2.45) is 5.92 Å². The minimum absolute atomic E-state index is 0.873. The van der Waals surface area contributed by atoms with E-state index in [-0.39, 0.29) is 0 Å². The summed E-state index contributed by atoms with van der Waals surface area (Å²) in [4.78, 5) is 3.36. The van der Waals surface area contributed by atoms with E-state index in [1.807, 2.05) is 0 Å². The van der Waals surface area contributed by atoms with E-state index >= 15 is 0 Å². The number of rotatable bonds is 3. The first-order valence-electron chi connectivity index (χ1n) is 6.69. The van der Waals surface area contributed by atoms with Crippen molar-refractivity contribution >= 4 is 10.9 Å². The molecule has 0 spiro atoms. The van der Waals surface area contributed by atoms with Crippen LogP contribution < -0.4 is 5.32 Å². The van der Waals surface area contributed by atoms with E-state index < -0.39 is 0 Å². The molecule has 1 aliphatic heterocycles. The number of hydrogen-bond acceptors (Lipinski definition) is 1. The molecule has 1 saturated heterocycles. The number of benzene rings is 1. The zero-order chi connectivity index (χ0) is 11.5. The molecule has 1 fully saturated rings. The molecule has 1 aromatic heterocycles. The van der Waals surface area contributed by atoms with Gasteiger partial charge in [0.2, 0.25) is 0 Å². The molecule has 2 heterocycles. The molecular weight excluding hydrogens is 208 g/mol. The summed E-state index contributed by atoms with van der Waals surface area (Å²) in [6.07, 6.45) is 7.44. The van der Waals surface area contributed by atoms with Gasteiger partial charge in [-0.2, -0.15) is 0 Å². The van der Waals surface area contributed by atoms with Crippen LogP contribution in [0.1, 0.15) is 24.8 Å². The predicted octanol–water partition coefficient (Wildman–Crippen LogP) is 3.10. The number of aryl methyl sites for hydroxylation is 1. The van der Waals surface area contributed by atoms with Gasteiger partial charge in [-0.1, -0.05) is 18.2 Å². The number of piperidine rings is 1. The fourth-order valence-corrected chi connectivity index (χ4v) is 2.87. The highest BCUT2D eigenvalue weighted by Crippen LogP contribution is 2.22. The second kappa shape index (κ2) is 4.92. The van der Waals surface area contributed by atoms with Gasteiger partial charge in [0.05, 0.1) is 0 Å². The lowest BCUT2D eigenvalue weighted by Crippen LogP contribution is -2.29. The zero-order valence-corrected chi connectivity index (χ0v) is 10.2. The van der Waals surface area contributed by atoms with Crippen molar-refractivity contribution in [2.75, 3.05) is 13.1 Å². The third kappa shape index (κ3) is 2.37. The second-order valence-corrected chi connectivity index (χ2v) is 5.11. The Balaban J connectivity index is 1.68. The SMILES string of the molecule is c1ccc2c(CCC3CCCNC3)c[nH]c2c1. The van der Waals surface area contributed by atoms with E-state index in [4.69, 9.17) is 0 Å². The minimum Gasteiger partial charge on any atom is -0.361 e. The van der Waals surface area contributed by atoms with E-state index in [1.54, 1.807) is 0 Å². The first kappa shape index (κ1) is 10.8. The van der Waals surface area contributed by atoms with Gasteiger partial charge < -0.3 is 10.3 Å². The summed E-state index contributed by atoms with van der Waals surface area (Å²) in [5, 5.41) is 4.89. The van der Waals surface area contributed by atoms with Crippen molar-refractivity contribution in [3.63, 3.8) is 0 Å². The molecule has 0 amide bonds. The lowest BCUT2D eigenvalue weighted by molar-refractivity contribution is 0.358. The summed E-state index contributed by atoms with van der Waals surface area (Å²) in [6, 6.07) is 8.59. The van der Waals surface area contributed by atoms with Crippen molar-refractivity contribution in [3.05, 3.63) is 36.0 Å². The molecule has 0 saturated carbocycles. The Kier molecular flexibility index (Phi) is 3.14. The highest BCUT2D eigenvalue weighted by atomic mass is 14.9. The Hall–Kier alpha value is -1.28. The number of para-hydroxylation sites is 1. The average Bonchev–Trinajstić information content (AvgIpc) is 2.81. The Morgan fingerprint density at radius 1 is 1.24 bits per heavy atom. The van der Waals surface area contributed by atoms with Gasteiger partial charge >= 0.3 is 0 Å². The van der Waals surface area contributed by atoms with Gasteiger partial charge in [0.1, 0.15) is 0 Å². The standard InChI is InChI=1S/C15H20N2/c1-2-6-15-14(5-1)13(11-17-15)8-7-12-4-3-9-16-10-12/h1-2,5-6,11-12,16-17H,3-4,7-10H2. The van der Waals surface area contributed by atoms with Gasteiger partial charge in [-0.15, -0.1) is 0 Å². The minimum atomic E-state index is 0.873. The lowest BCUT2D eigenvalue weighted by atomic mass is 9.93. The van der Waals surface area contributed by atoms with E-state index in [9.17, 15) is 0 Å². The van der Waals surface area contributed by atoms with E-state index in [2.05, 4.69) is 40.8 Å². The Labute approximate surface area is 102 Å². The van der Waals surface area contributed by atoms with Crippen LogP contribution in [0, 0.1) is 5.92 Å². The molecule has 1 aliphatic rings. The van der Waals surface area contributed by atoms with Crippen LogP contribution in [0.3, 0.4) is 0 Å². The van der Waals surface area contributed by atoms with Crippen LogP contribution in [0.25, 0.3) is 10.9 Å². The number of aromatic amines is 1. The number of hydrogen-bond donors (Lipinski definition) is 2. The van der Waals surface area contributed by atoms with Gasteiger partial charge in [-0.3, -0.25) is 0 Å². The second-order valence-electron chi connectivity index (χ2n) is 5.11. The van der Waals surface area contributed by atoms with Crippen LogP contribution in [-0.2, 0) is 6.42 Å². The lowest BCUT2D eigenvalue weighted by Gasteiger charge is -2.22. The normalized spacial score (nSPS) is 20.8. The van der Waals surface area contributed by atoms with Crippen LogP contribution in [-0.4, -0.2) is 18.1 Å². The Morgan fingerprint density at radius 2 is 2.18 bits per heavy atom. The van der Waals surface area contributed by atoms with Crippen LogP contribution in [0.2, 0.25) is 0 Å². The molecule has 2 N–H and O–H groups in total. The van der Waals surface area contributed by atoms with Crippen LogP contribution in [0.15, 0.2) is 30.5 Å². The maximum Gasteiger partial charge on any atom is 0.0456 e. The van der Waals surface area contributed by atoms with E-state index in [0.717, 1.165) is 5.92 Å². The largest absolute Gasteiger partial charge is 0.361 e. The summed E-state index contributed by atoms with van der Waals surface area (Å²) < 4.78 is 0. The molecule has 2 aromatic rings. The van der Waals surface area contributed by atoms with Gasteiger partial charge in [0, 0.05) is 17.1 Å². The van der Waals surface area contributed by atoms with Crippen molar-refractivity contribution in [3.8, 4) is 0 Å². The zero-order valence-electron chi connectivity index (χ0n) is 10.2. The monoisotopic (exact) mass is 228 g/mol. The van der Waals surface area contributed by atoms with E-state index in [1.165, 1.54) is 55.2 Å². The van der Waals surface area contributed by atoms with Gasteiger partial charge in [0.15, 0.2) is 0 Å². The molecule has 2 nitrogen and oxygen atoms in total. The van der Waals surface area contributed by atoms with Gasteiger partial charge in [0.25, 0.3) is 0 Å². The molecule has 1 atom stereocenters. The first-order valence-corrected chi connectivity index (χ1v) is 6.69. The first-order chi connectivity index (χ1) is 8.43. The maximum absolute atomic E-state index is 3.49. The number of aromatic nitrogens is 1. The topological polar surface area (TPSA) is 27.8 Å². The van der Waals surface area contributed by atoms with Crippen molar-refractivity contribution < 1.29 is 0 Å². The van der Waals surface area contributed by atoms with Crippen LogP contribution in [0.5, 0.6) is 0 Å². The van der Waals surface area contributed by atoms with Gasteiger partial charge in [-0.25, -0.2) is 0 Å². The summed E-state index contributed by atoms with van der Waals surface area (Å²) in [6.45, 7) is 2.42. The van der Waals surface area contributed by atoms with Crippen LogP contribution >= 0.6 is 0 Å². The maximum atomic E-state index is 3.49. The summed E-state index contributed by atoms with van der Waals surface area (Å²) in [5.41, 5.74) is 2.75. The molecule has 1 unspecified atom stereocenters. The van der Waals surface area contributed by atoms with Crippen molar-refractivity contribution in [2.45, 2.75) is 25.7 Å². The molecule has 1 aromatic carbocycles. The number of fused-ring (bicyclic) bond motifs is 1. The Morgan fingerprint density at radius 3 is 3.06 bits per heavy atom. The quantitative estimate of drug-likeness (QED) is 0.830. The van der Waals surface area contributed by atoms with Crippen molar-refractivity contribution in [1.29, 1.82) is 0 Å². The fraction of sp³-hybridized carbons (Fsp3) is 0.467. The fourth-order valence-electron chi connectivity index (χ4n) is 2.87. The molecule has 90 valence electrons. The van der Waals surface area contributed by atoms with Crippen LogP contribution in [0.4, 0.5) is 0 Å². The third-order valence-corrected chi connectivity index (χ3v) is 3.90. The molecule has 3 rings (SSSR count). The predicted molar refractivity (Wildman–Crippen MR) is 72.2 cm³/mol. The highest BCUT2D eigenvalue weighted by molar-refractivity contribution is 5.82. The number of H-pyrrole nitrogens is 1. The van der Waals surface area contributed by atoms with Crippen molar-refractivity contribution in [1.82, 2.24) is 10.3 Å². The molecular formula is C15H20N2. The summed E-state index contributed by atoms with van der Waals surface area (Å²) in [5.74, 6) is 0.873. The number of nitrogens with one attached hydrogen (secondary N) is 2. The van der Waals surface area contributed by atoms with Gasteiger partial charge in [-0.05, 0) is 56.3 Å². The summed E-state index contributed by atoms with van der Waals surface area (Å²) in [7, 11) is 0. The average molecular weight is 228 g/mol. The smallest absolute Gasteiger partial charge is 0.0456 e. The molecule has 17 heavy (non-hydrogen) atoms. The molecule has 0 aliphatic carbocycles. The molecule has 0 radical (unpaired) electrons. The molecule has 2 heteroatoms.